The van der Waals surface area contributed by atoms with E-state index in [-0.39, 0.29) is 35.7 Å². The molecule has 3 amide bonds. The van der Waals surface area contributed by atoms with E-state index in [2.05, 4.69) is 0 Å². The van der Waals surface area contributed by atoms with Gasteiger partial charge in [0.1, 0.15) is 5.82 Å². The molecule has 0 aliphatic carbocycles. The molecule has 1 aromatic carbocycles. The summed E-state index contributed by atoms with van der Waals surface area (Å²) in [5.74, 6) is 0.256. The van der Waals surface area contributed by atoms with Crippen LogP contribution in [0, 0.1) is 5.82 Å². The van der Waals surface area contributed by atoms with Crippen LogP contribution in [0.1, 0.15) is 5.56 Å². The Balaban J connectivity index is 1.35. The van der Waals surface area contributed by atoms with Crippen molar-refractivity contribution in [3.8, 4) is 0 Å². The number of hydrogen-bond donors (Lipinski definition) is 0. The minimum Gasteiger partial charge on any atom is -0.378 e. The zero-order valence-electron chi connectivity index (χ0n) is 16.3. The number of carbonyl (C=O) groups is 3. The summed E-state index contributed by atoms with van der Waals surface area (Å²) < 4.78 is 18.2. The molecule has 0 atom stereocenters. The van der Waals surface area contributed by atoms with Crippen molar-refractivity contribution in [2.45, 2.75) is 6.42 Å². The number of morpholine rings is 1. The molecular weight excluding hydrogens is 397 g/mol. The van der Waals surface area contributed by atoms with Crippen LogP contribution < -0.4 is 0 Å². The van der Waals surface area contributed by atoms with E-state index < -0.39 is 0 Å². The number of rotatable bonds is 6. The standard InChI is InChI=1S/C20H26FN3O4S/c21-17-3-1-16(2-4-17)13-18(25)22-5-7-23(8-6-22)19(26)14-29-15-20(27)24-9-11-28-12-10-24/h1-4H,5-15H2. The lowest BCUT2D eigenvalue weighted by Gasteiger charge is -2.35. The second-order valence-electron chi connectivity index (χ2n) is 7.05. The lowest BCUT2D eigenvalue weighted by molar-refractivity contribution is -0.137. The first-order valence-corrected chi connectivity index (χ1v) is 10.9. The van der Waals surface area contributed by atoms with Crippen LogP contribution in [0.15, 0.2) is 24.3 Å². The maximum absolute atomic E-state index is 13.0. The lowest BCUT2D eigenvalue weighted by Crippen LogP contribution is -2.51. The molecule has 29 heavy (non-hydrogen) atoms. The highest BCUT2D eigenvalue weighted by Gasteiger charge is 2.24. The molecule has 2 fully saturated rings. The van der Waals surface area contributed by atoms with E-state index >= 15 is 0 Å². The molecule has 0 radical (unpaired) electrons. The Morgan fingerprint density at radius 3 is 1.83 bits per heavy atom. The normalized spacial score (nSPS) is 17.3. The fourth-order valence-electron chi connectivity index (χ4n) is 3.31. The summed E-state index contributed by atoms with van der Waals surface area (Å²) in [5, 5.41) is 0. The van der Waals surface area contributed by atoms with E-state index in [1.165, 1.54) is 23.9 Å². The number of piperazine rings is 1. The first kappa shape index (κ1) is 21.6. The molecule has 1 aromatic rings. The molecule has 0 unspecified atom stereocenters. The Bertz CT molecular complexity index is 717. The van der Waals surface area contributed by atoms with Gasteiger partial charge in [0, 0.05) is 39.3 Å². The number of halogens is 1. The van der Waals surface area contributed by atoms with Crippen LogP contribution in [-0.2, 0) is 25.5 Å². The molecule has 2 aliphatic heterocycles. The predicted octanol–water partition coefficient (Wildman–Crippen LogP) is 0.631. The van der Waals surface area contributed by atoms with Crippen molar-refractivity contribution in [3.05, 3.63) is 35.6 Å². The third kappa shape index (κ3) is 6.43. The molecule has 2 saturated heterocycles. The van der Waals surface area contributed by atoms with Crippen LogP contribution in [-0.4, -0.2) is 96.4 Å². The predicted molar refractivity (Wildman–Crippen MR) is 108 cm³/mol. The Hall–Kier alpha value is -2.13. The molecule has 2 heterocycles. The smallest absolute Gasteiger partial charge is 0.232 e. The van der Waals surface area contributed by atoms with Crippen LogP contribution in [0.25, 0.3) is 0 Å². The first-order valence-electron chi connectivity index (χ1n) is 9.76. The van der Waals surface area contributed by atoms with Gasteiger partial charge in [0.05, 0.1) is 31.1 Å². The quantitative estimate of drug-likeness (QED) is 0.671. The molecule has 0 bridgehead atoms. The summed E-state index contributed by atoms with van der Waals surface area (Å²) >= 11 is 1.33. The molecule has 0 spiro atoms. The van der Waals surface area contributed by atoms with Gasteiger partial charge in [-0.3, -0.25) is 14.4 Å². The van der Waals surface area contributed by atoms with E-state index in [0.717, 1.165) is 5.56 Å². The number of ether oxygens (including phenoxy) is 1. The molecule has 0 aromatic heterocycles. The lowest BCUT2D eigenvalue weighted by atomic mass is 10.1. The van der Waals surface area contributed by atoms with Gasteiger partial charge in [0.2, 0.25) is 17.7 Å². The van der Waals surface area contributed by atoms with Crippen molar-refractivity contribution in [2.24, 2.45) is 0 Å². The Morgan fingerprint density at radius 2 is 1.28 bits per heavy atom. The highest BCUT2D eigenvalue weighted by atomic mass is 32.2. The molecule has 9 heteroatoms. The molecule has 2 aliphatic rings. The summed E-state index contributed by atoms with van der Waals surface area (Å²) in [6.45, 7) is 4.33. The Kier molecular flexibility index (Phi) is 7.88. The highest BCUT2D eigenvalue weighted by Crippen LogP contribution is 2.11. The number of amides is 3. The van der Waals surface area contributed by atoms with Crippen LogP contribution in [0.3, 0.4) is 0 Å². The number of hydrogen-bond acceptors (Lipinski definition) is 5. The van der Waals surface area contributed by atoms with Gasteiger partial charge in [-0.15, -0.1) is 11.8 Å². The van der Waals surface area contributed by atoms with E-state index in [4.69, 9.17) is 4.74 Å². The van der Waals surface area contributed by atoms with E-state index in [1.807, 2.05) is 0 Å². The van der Waals surface area contributed by atoms with Crippen LogP contribution in [0.2, 0.25) is 0 Å². The average molecular weight is 424 g/mol. The van der Waals surface area contributed by atoms with Crippen molar-refractivity contribution in [1.29, 1.82) is 0 Å². The number of carbonyl (C=O) groups excluding carboxylic acids is 3. The van der Waals surface area contributed by atoms with Crippen LogP contribution >= 0.6 is 11.8 Å². The van der Waals surface area contributed by atoms with Crippen LogP contribution in [0.4, 0.5) is 4.39 Å². The molecule has 158 valence electrons. The highest BCUT2D eigenvalue weighted by molar-refractivity contribution is 8.00. The van der Waals surface area contributed by atoms with Gasteiger partial charge in [-0.2, -0.15) is 0 Å². The molecule has 0 saturated carbocycles. The molecular formula is C20H26FN3O4S. The maximum atomic E-state index is 13.0. The maximum Gasteiger partial charge on any atom is 0.232 e. The zero-order valence-corrected chi connectivity index (χ0v) is 17.2. The van der Waals surface area contributed by atoms with Crippen molar-refractivity contribution in [2.75, 3.05) is 64.0 Å². The number of benzene rings is 1. The third-order valence-corrected chi connectivity index (χ3v) is 5.97. The zero-order chi connectivity index (χ0) is 20.6. The summed E-state index contributed by atoms with van der Waals surface area (Å²) in [5.41, 5.74) is 0.774. The second-order valence-corrected chi connectivity index (χ2v) is 8.04. The fourth-order valence-corrected chi connectivity index (χ4v) is 4.13. The third-order valence-electron chi connectivity index (χ3n) is 5.07. The average Bonchev–Trinajstić information content (AvgIpc) is 2.76. The second kappa shape index (κ2) is 10.6. The minimum absolute atomic E-state index is 0.00425. The van der Waals surface area contributed by atoms with E-state index in [0.29, 0.717) is 58.2 Å². The van der Waals surface area contributed by atoms with Gasteiger partial charge in [-0.1, -0.05) is 12.1 Å². The SMILES string of the molecule is O=C(CSCC(=O)N1CCN(C(=O)Cc2ccc(F)cc2)CC1)N1CCOCC1. The summed E-state index contributed by atoms with van der Waals surface area (Å²) in [7, 11) is 0. The van der Waals surface area contributed by atoms with E-state index in [1.54, 1.807) is 26.8 Å². The van der Waals surface area contributed by atoms with Crippen molar-refractivity contribution in [1.82, 2.24) is 14.7 Å². The molecule has 3 rings (SSSR count). The Labute approximate surface area is 174 Å². The van der Waals surface area contributed by atoms with Crippen molar-refractivity contribution >= 4 is 29.5 Å². The van der Waals surface area contributed by atoms with Gasteiger partial charge in [-0.05, 0) is 17.7 Å². The molecule has 0 N–H and O–H groups in total. The van der Waals surface area contributed by atoms with Gasteiger partial charge < -0.3 is 19.4 Å². The van der Waals surface area contributed by atoms with Crippen molar-refractivity contribution < 1.29 is 23.5 Å². The summed E-state index contributed by atoms with van der Waals surface area (Å²) in [6, 6.07) is 5.92. The number of nitrogens with zero attached hydrogens (tertiary/aromatic N) is 3. The van der Waals surface area contributed by atoms with Crippen LogP contribution in [0.5, 0.6) is 0 Å². The first-order chi connectivity index (χ1) is 14.0. The monoisotopic (exact) mass is 423 g/mol. The largest absolute Gasteiger partial charge is 0.378 e. The van der Waals surface area contributed by atoms with Crippen molar-refractivity contribution in [3.63, 3.8) is 0 Å². The van der Waals surface area contributed by atoms with Gasteiger partial charge in [-0.25, -0.2) is 4.39 Å². The summed E-state index contributed by atoms with van der Waals surface area (Å²) in [6.07, 6.45) is 0.230. The minimum atomic E-state index is -0.321. The summed E-state index contributed by atoms with van der Waals surface area (Å²) in [4.78, 5) is 42.1. The van der Waals surface area contributed by atoms with Gasteiger partial charge >= 0.3 is 0 Å². The fraction of sp³-hybridized carbons (Fsp3) is 0.550. The van der Waals surface area contributed by atoms with Gasteiger partial charge in [0.25, 0.3) is 0 Å². The topological polar surface area (TPSA) is 70.2 Å². The van der Waals surface area contributed by atoms with Gasteiger partial charge in [0.15, 0.2) is 0 Å². The number of thioether (sulfide) groups is 1. The Morgan fingerprint density at radius 1 is 0.793 bits per heavy atom. The molecule has 7 nitrogen and oxygen atoms in total. The van der Waals surface area contributed by atoms with E-state index in [9.17, 15) is 18.8 Å².